The van der Waals surface area contributed by atoms with Crippen molar-refractivity contribution in [3.8, 4) is 0 Å². The first-order valence-electron chi connectivity index (χ1n) is 9.69. The average Bonchev–Trinajstić information content (AvgIpc) is 3.36. The Morgan fingerprint density at radius 1 is 1.33 bits per heavy atom. The molecule has 2 atom stereocenters. The van der Waals surface area contributed by atoms with E-state index in [0.717, 1.165) is 17.3 Å². The van der Waals surface area contributed by atoms with Crippen LogP contribution in [0.4, 0.5) is 0 Å². The van der Waals surface area contributed by atoms with Crippen LogP contribution in [0.15, 0.2) is 35.3 Å². The van der Waals surface area contributed by atoms with Crippen molar-refractivity contribution in [2.24, 2.45) is 16.5 Å². The second kappa shape index (κ2) is 10.6. The lowest BCUT2D eigenvalue weighted by atomic mass is 10.1. The number of rotatable bonds is 8. The molecule has 1 aromatic carbocycles. The quantitative estimate of drug-likeness (QED) is 0.211. The average molecular weight is 435 g/mol. The van der Waals surface area contributed by atoms with Gasteiger partial charge in [-0.3, -0.25) is 14.6 Å². The summed E-state index contributed by atoms with van der Waals surface area (Å²) in [5.41, 5.74) is 11.9. The molecule has 30 heavy (non-hydrogen) atoms. The van der Waals surface area contributed by atoms with Gasteiger partial charge in [0.2, 0.25) is 5.91 Å². The first-order chi connectivity index (χ1) is 14.0. The van der Waals surface area contributed by atoms with Gasteiger partial charge in [-0.15, -0.1) is 12.4 Å². The van der Waals surface area contributed by atoms with Gasteiger partial charge in [0.1, 0.15) is 18.0 Å². The van der Waals surface area contributed by atoms with Crippen molar-refractivity contribution in [1.82, 2.24) is 15.2 Å². The van der Waals surface area contributed by atoms with Crippen molar-refractivity contribution in [2.75, 3.05) is 13.1 Å². The molecule has 0 bridgehead atoms. The number of guanidine groups is 1. The van der Waals surface area contributed by atoms with Gasteiger partial charge >= 0.3 is 0 Å². The molecule has 1 aliphatic rings. The van der Waals surface area contributed by atoms with E-state index in [2.05, 4.69) is 15.3 Å². The zero-order chi connectivity index (χ0) is 20.8. The Labute approximate surface area is 180 Å². The number of fused-ring (bicyclic) bond motifs is 1. The van der Waals surface area contributed by atoms with E-state index in [-0.39, 0.29) is 30.2 Å². The van der Waals surface area contributed by atoms with Gasteiger partial charge in [-0.05, 0) is 37.8 Å². The van der Waals surface area contributed by atoms with Crippen molar-refractivity contribution in [3.05, 3.63) is 36.0 Å². The van der Waals surface area contributed by atoms with Crippen LogP contribution in [0.2, 0.25) is 0 Å². The van der Waals surface area contributed by atoms with E-state index in [9.17, 15) is 14.4 Å². The molecule has 2 aromatic rings. The van der Waals surface area contributed by atoms with Crippen LogP contribution < -0.4 is 16.8 Å². The first-order valence-corrected chi connectivity index (χ1v) is 9.69. The molecule has 1 aromatic heterocycles. The summed E-state index contributed by atoms with van der Waals surface area (Å²) >= 11 is 0. The molecule has 2 heterocycles. The lowest BCUT2D eigenvalue weighted by Gasteiger charge is -2.24. The summed E-state index contributed by atoms with van der Waals surface area (Å²) in [4.78, 5) is 45.6. The van der Waals surface area contributed by atoms with Crippen molar-refractivity contribution >= 4 is 47.4 Å². The van der Waals surface area contributed by atoms with E-state index in [0.29, 0.717) is 44.3 Å². The summed E-state index contributed by atoms with van der Waals surface area (Å²) in [7, 11) is 0. The lowest BCUT2D eigenvalue weighted by Crippen LogP contribution is -2.49. The first kappa shape index (κ1) is 23.2. The Kier molecular flexibility index (Phi) is 8.23. The predicted octanol–water partition coefficient (Wildman–Crippen LogP) is 0.932. The highest BCUT2D eigenvalue weighted by molar-refractivity contribution is 6.00. The summed E-state index contributed by atoms with van der Waals surface area (Å²) in [5, 5.41) is 3.68. The van der Waals surface area contributed by atoms with Crippen LogP contribution in [0.1, 0.15) is 36.2 Å². The molecule has 10 heteroatoms. The maximum Gasteiger partial charge on any atom is 0.270 e. The van der Waals surface area contributed by atoms with Gasteiger partial charge < -0.3 is 31.5 Å². The number of carbonyl (C=O) groups is 3. The number of aliphatic imine (C=N–C) groups is 1. The molecule has 9 nitrogen and oxygen atoms in total. The van der Waals surface area contributed by atoms with Crippen LogP contribution in [-0.2, 0) is 9.59 Å². The zero-order valence-corrected chi connectivity index (χ0v) is 17.4. The molecular formula is C20H27ClN6O3. The summed E-state index contributed by atoms with van der Waals surface area (Å²) < 4.78 is 0. The number of aromatic nitrogens is 1. The Morgan fingerprint density at radius 2 is 2.10 bits per heavy atom. The van der Waals surface area contributed by atoms with E-state index in [1.54, 1.807) is 11.0 Å². The molecule has 0 unspecified atom stereocenters. The second-order valence-corrected chi connectivity index (χ2v) is 7.13. The molecule has 0 saturated carbocycles. The smallest absolute Gasteiger partial charge is 0.270 e. The number of hydrogen-bond acceptors (Lipinski definition) is 4. The molecule has 1 saturated heterocycles. The van der Waals surface area contributed by atoms with E-state index in [4.69, 9.17) is 11.5 Å². The molecule has 0 aliphatic carbocycles. The van der Waals surface area contributed by atoms with Crippen LogP contribution >= 0.6 is 12.4 Å². The third-order valence-electron chi connectivity index (χ3n) is 5.04. The van der Waals surface area contributed by atoms with Crippen molar-refractivity contribution in [3.63, 3.8) is 0 Å². The highest BCUT2D eigenvalue weighted by atomic mass is 35.5. The van der Waals surface area contributed by atoms with Crippen LogP contribution in [0, 0.1) is 0 Å². The number of halogens is 1. The number of aldehydes is 1. The number of hydrogen-bond donors (Lipinski definition) is 4. The fourth-order valence-corrected chi connectivity index (χ4v) is 3.60. The third-order valence-corrected chi connectivity index (χ3v) is 5.04. The number of likely N-dealkylation sites (tertiary alicyclic amines) is 1. The summed E-state index contributed by atoms with van der Waals surface area (Å²) in [6, 6.07) is 8.19. The number of para-hydroxylation sites is 1. The van der Waals surface area contributed by atoms with E-state index in [1.807, 2.05) is 24.3 Å². The monoisotopic (exact) mass is 434 g/mol. The van der Waals surface area contributed by atoms with Gasteiger partial charge in [-0.1, -0.05) is 18.2 Å². The molecule has 1 fully saturated rings. The number of nitrogens with zero attached hydrogens (tertiary/aromatic N) is 2. The molecule has 162 valence electrons. The topological polar surface area (TPSA) is 147 Å². The summed E-state index contributed by atoms with van der Waals surface area (Å²) in [6.45, 7) is 0.888. The molecule has 6 N–H and O–H groups in total. The largest absolute Gasteiger partial charge is 0.370 e. The SMILES string of the molecule is Cl.NC(N)=NCCC[C@@H](C=O)NC(=O)[C@@H]1CCCN1C(=O)c1cc2ccccc2[nH]1. The minimum atomic E-state index is -0.637. The second-order valence-electron chi connectivity index (χ2n) is 7.13. The molecule has 0 spiro atoms. The number of H-pyrrole nitrogens is 1. The lowest BCUT2D eigenvalue weighted by molar-refractivity contribution is -0.127. The van der Waals surface area contributed by atoms with Crippen molar-refractivity contribution in [1.29, 1.82) is 0 Å². The summed E-state index contributed by atoms with van der Waals surface area (Å²) in [6.07, 6.45) is 2.99. The van der Waals surface area contributed by atoms with Gasteiger partial charge in [0.05, 0.1) is 6.04 Å². The number of carbonyl (C=O) groups excluding carboxylic acids is 3. The van der Waals surface area contributed by atoms with Crippen LogP contribution in [0.5, 0.6) is 0 Å². The van der Waals surface area contributed by atoms with Crippen LogP contribution in [0.3, 0.4) is 0 Å². The van der Waals surface area contributed by atoms with Gasteiger partial charge in [0.25, 0.3) is 5.91 Å². The summed E-state index contributed by atoms with van der Waals surface area (Å²) in [5.74, 6) is -0.533. The Bertz CT molecular complexity index is 891. The van der Waals surface area contributed by atoms with Crippen molar-refractivity contribution in [2.45, 2.75) is 37.8 Å². The number of nitrogens with two attached hydrogens (primary N) is 2. The minimum absolute atomic E-state index is 0. The van der Waals surface area contributed by atoms with E-state index in [1.165, 1.54) is 0 Å². The molecule has 0 radical (unpaired) electrons. The van der Waals surface area contributed by atoms with Crippen LogP contribution in [-0.4, -0.2) is 59.1 Å². The van der Waals surface area contributed by atoms with Gasteiger partial charge in [0, 0.05) is 24.0 Å². The molecule has 1 aliphatic heterocycles. The maximum atomic E-state index is 13.0. The number of aromatic amines is 1. The van der Waals surface area contributed by atoms with Gasteiger partial charge in [0.15, 0.2) is 5.96 Å². The normalized spacial score (nSPS) is 16.5. The molecule has 3 rings (SSSR count). The fourth-order valence-electron chi connectivity index (χ4n) is 3.60. The van der Waals surface area contributed by atoms with Crippen LogP contribution in [0.25, 0.3) is 10.9 Å². The standard InChI is InChI=1S/C20H26N6O3.ClH/c21-20(22)23-9-3-6-14(12-27)24-18(28)17-8-4-10-26(17)19(29)16-11-13-5-1-2-7-15(13)25-16;/h1-2,5,7,11-12,14,17,25H,3-4,6,8-10H2,(H,24,28)(H4,21,22,23);1H/t14-,17-;/m0./s1. The molecule has 2 amide bonds. The maximum absolute atomic E-state index is 13.0. The minimum Gasteiger partial charge on any atom is -0.370 e. The highest BCUT2D eigenvalue weighted by Gasteiger charge is 2.35. The predicted molar refractivity (Wildman–Crippen MR) is 118 cm³/mol. The van der Waals surface area contributed by atoms with E-state index >= 15 is 0 Å². The number of amides is 2. The highest BCUT2D eigenvalue weighted by Crippen LogP contribution is 2.22. The Hall–Kier alpha value is -3.07. The Morgan fingerprint density at radius 3 is 2.80 bits per heavy atom. The van der Waals surface area contributed by atoms with Crippen molar-refractivity contribution < 1.29 is 14.4 Å². The Balaban J connectivity index is 0.00000320. The van der Waals surface area contributed by atoms with Gasteiger partial charge in [-0.2, -0.15) is 0 Å². The number of benzene rings is 1. The van der Waals surface area contributed by atoms with Gasteiger partial charge in [-0.25, -0.2) is 0 Å². The fraction of sp³-hybridized carbons (Fsp3) is 0.400. The van der Waals surface area contributed by atoms with E-state index < -0.39 is 12.1 Å². The third kappa shape index (κ3) is 5.50. The zero-order valence-electron chi connectivity index (χ0n) is 16.5. The molecular weight excluding hydrogens is 408 g/mol. The number of nitrogens with one attached hydrogen (secondary N) is 2.